The van der Waals surface area contributed by atoms with Crippen molar-refractivity contribution in [3.8, 4) is 11.3 Å². The number of aliphatic hydroxyl groups excluding tert-OH is 1. The van der Waals surface area contributed by atoms with Gasteiger partial charge in [0.1, 0.15) is 11.4 Å². The second-order valence-corrected chi connectivity index (χ2v) is 8.13. The van der Waals surface area contributed by atoms with Gasteiger partial charge in [0.2, 0.25) is 16.0 Å². The fourth-order valence-corrected chi connectivity index (χ4v) is 3.15. The van der Waals surface area contributed by atoms with Gasteiger partial charge in [0.25, 0.3) is 0 Å². The summed E-state index contributed by atoms with van der Waals surface area (Å²) in [6.07, 6.45) is -2.60. The lowest BCUT2D eigenvalue weighted by Crippen LogP contribution is -2.13. The van der Waals surface area contributed by atoms with Crippen molar-refractivity contribution in [3.05, 3.63) is 48.2 Å². The number of aromatic nitrogens is 4. The maximum Gasteiger partial charge on any atom is 0.419 e. The molecule has 0 unspecified atom stereocenters. The molecule has 0 bridgehead atoms. The number of aliphatic hydroxyl groups is 1. The van der Waals surface area contributed by atoms with E-state index in [-0.39, 0.29) is 23.7 Å². The number of primary sulfonamides is 1. The zero-order valence-electron chi connectivity index (χ0n) is 15.8. The van der Waals surface area contributed by atoms with Crippen molar-refractivity contribution >= 4 is 21.7 Å². The van der Waals surface area contributed by atoms with Crippen LogP contribution in [-0.2, 0) is 22.7 Å². The van der Waals surface area contributed by atoms with Crippen LogP contribution < -0.4 is 10.5 Å². The van der Waals surface area contributed by atoms with E-state index in [1.807, 2.05) is 0 Å². The fraction of sp³-hybridized carbons (Fsp3) is 0.235. The quantitative estimate of drug-likeness (QED) is 0.480. The Bertz CT molecular complexity index is 1210. The molecule has 0 spiro atoms. The Labute approximate surface area is 173 Å². The van der Waals surface area contributed by atoms with Crippen molar-refractivity contribution in [2.45, 2.75) is 30.6 Å². The topological polar surface area (TPSA) is 136 Å². The lowest BCUT2D eigenvalue weighted by molar-refractivity contribution is -0.137. The highest BCUT2D eigenvalue weighted by molar-refractivity contribution is 7.89. The van der Waals surface area contributed by atoms with Gasteiger partial charge in [0.15, 0.2) is 0 Å². The summed E-state index contributed by atoms with van der Waals surface area (Å²) in [6, 6.07) is 2.71. The average molecular weight is 460 g/mol. The SMILES string of the molecule is C[C@@H](O)Cn1cc(-c2nc(Nc3ccc(S(N)(=O)=O)cc3F)ncc2C(F)(F)F)cn1. The van der Waals surface area contributed by atoms with E-state index >= 15 is 0 Å². The summed E-state index contributed by atoms with van der Waals surface area (Å²) in [4.78, 5) is 6.94. The predicted molar refractivity (Wildman–Crippen MR) is 101 cm³/mol. The Morgan fingerprint density at radius 2 is 2.00 bits per heavy atom. The molecule has 0 aliphatic heterocycles. The molecule has 0 fully saturated rings. The lowest BCUT2D eigenvalue weighted by Gasteiger charge is -2.13. The minimum atomic E-state index is -4.78. The van der Waals surface area contributed by atoms with Gasteiger partial charge in [0, 0.05) is 18.0 Å². The Hall–Kier alpha value is -3.10. The van der Waals surface area contributed by atoms with Crippen molar-refractivity contribution in [2.75, 3.05) is 5.32 Å². The number of halogens is 4. The van der Waals surface area contributed by atoms with E-state index in [9.17, 15) is 31.1 Å². The predicted octanol–water partition coefficient (Wildman–Crippen LogP) is 2.27. The van der Waals surface area contributed by atoms with Gasteiger partial charge in [-0.1, -0.05) is 0 Å². The Kier molecular flexibility index (Phi) is 5.98. The maximum atomic E-state index is 14.2. The Morgan fingerprint density at radius 1 is 1.29 bits per heavy atom. The van der Waals surface area contributed by atoms with Crippen LogP contribution in [0.4, 0.5) is 29.2 Å². The molecular formula is C17H16F4N6O3S. The lowest BCUT2D eigenvalue weighted by atomic mass is 10.1. The fourth-order valence-electron chi connectivity index (χ4n) is 2.62. The van der Waals surface area contributed by atoms with Gasteiger partial charge in [-0.05, 0) is 25.1 Å². The Balaban J connectivity index is 2.00. The first-order valence-corrected chi connectivity index (χ1v) is 10.1. The van der Waals surface area contributed by atoms with Crippen LogP contribution in [0.3, 0.4) is 0 Å². The molecule has 0 saturated carbocycles. The monoisotopic (exact) mass is 460 g/mol. The highest BCUT2D eigenvalue weighted by Crippen LogP contribution is 2.36. The molecule has 31 heavy (non-hydrogen) atoms. The minimum Gasteiger partial charge on any atom is -0.391 e. The van der Waals surface area contributed by atoms with Crippen molar-refractivity contribution in [1.82, 2.24) is 19.7 Å². The van der Waals surface area contributed by atoms with Crippen molar-refractivity contribution in [2.24, 2.45) is 5.14 Å². The molecule has 1 atom stereocenters. The molecule has 166 valence electrons. The van der Waals surface area contributed by atoms with Gasteiger partial charge < -0.3 is 10.4 Å². The first-order chi connectivity index (χ1) is 14.3. The number of nitrogens with two attached hydrogens (primary N) is 1. The summed E-state index contributed by atoms with van der Waals surface area (Å²) in [7, 11) is -4.14. The molecule has 3 rings (SSSR count). The number of nitrogens with zero attached hydrogens (tertiary/aromatic N) is 4. The number of nitrogens with one attached hydrogen (secondary N) is 1. The van der Waals surface area contributed by atoms with Crippen LogP contribution >= 0.6 is 0 Å². The van der Waals surface area contributed by atoms with E-state index in [0.29, 0.717) is 12.3 Å². The molecule has 0 radical (unpaired) electrons. The molecular weight excluding hydrogens is 444 g/mol. The van der Waals surface area contributed by atoms with Crippen molar-refractivity contribution < 1.29 is 31.1 Å². The number of hydrogen-bond donors (Lipinski definition) is 3. The van der Waals surface area contributed by atoms with Gasteiger partial charge >= 0.3 is 6.18 Å². The molecule has 14 heteroatoms. The molecule has 0 aliphatic rings. The van der Waals surface area contributed by atoms with Gasteiger partial charge in [-0.2, -0.15) is 18.3 Å². The second kappa shape index (κ2) is 8.20. The van der Waals surface area contributed by atoms with Gasteiger partial charge in [-0.3, -0.25) is 4.68 Å². The molecule has 1 aromatic carbocycles. The summed E-state index contributed by atoms with van der Waals surface area (Å²) in [5, 5.41) is 20.7. The number of rotatable bonds is 6. The van der Waals surface area contributed by atoms with Crippen LogP contribution in [0.1, 0.15) is 12.5 Å². The molecule has 0 aliphatic carbocycles. The van der Waals surface area contributed by atoms with E-state index in [1.165, 1.54) is 17.8 Å². The molecule has 2 heterocycles. The van der Waals surface area contributed by atoms with Crippen molar-refractivity contribution in [1.29, 1.82) is 0 Å². The van der Waals surface area contributed by atoms with Crippen LogP contribution in [0.25, 0.3) is 11.3 Å². The van der Waals surface area contributed by atoms with Crippen molar-refractivity contribution in [3.63, 3.8) is 0 Å². The summed E-state index contributed by atoms with van der Waals surface area (Å²) >= 11 is 0. The number of anilines is 2. The minimum absolute atomic E-state index is 0.00321. The van der Waals surface area contributed by atoms with Crippen LogP contribution in [0, 0.1) is 5.82 Å². The molecule has 3 aromatic rings. The third-order valence-corrected chi connectivity index (χ3v) is 4.88. The van der Waals surface area contributed by atoms with Crippen LogP contribution in [0.15, 0.2) is 41.7 Å². The molecule has 0 saturated heterocycles. The van der Waals surface area contributed by atoms with E-state index in [4.69, 9.17) is 5.14 Å². The number of alkyl halides is 3. The first-order valence-electron chi connectivity index (χ1n) is 8.59. The maximum absolute atomic E-state index is 14.2. The van der Waals surface area contributed by atoms with Gasteiger partial charge in [0.05, 0.1) is 35.1 Å². The number of hydrogen-bond acceptors (Lipinski definition) is 7. The van der Waals surface area contributed by atoms with Gasteiger partial charge in [-0.25, -0.2) is 27.9 Å². The first kappa shape index (κ1) is 22.6. The third kappa shape index (κ3) is 5.34. The highest BCUT2D eigenvalue weighted by Gasteiger charge is 2.36. The average Bonchev–Trinajstić information content (AvgIpc) is 3.09. The van der Waals surface area contributed by atoms with Gasteiger partial charge in [-0.15, -0.1) is 0 Å². The van der Waals surface area contributed by atoms with Crippen LogP contribution in [-0.4, -0.2) is 39.4 Å². The summed E-state index contributed by atoms with van der Waals surface area (Å²) in [5.74, 6) is -1.39. The van der Waals surface area contributed by atoms with Crippen LogP contribution in [0.2, 0.25) is 0 Å². The zero-order chi connectivity index (χ0) is 23.0. The Morgan fingerprint density at radius 3 is 2.58 bits per heavy atom. The molecule has 2 aromatic heterocycles. The summed E-state index contributed by atoms with van der Waals surface area (Å²) in [5.41, 5.74) is -1.92. The standard InChI is InChI=1S/C17H16F4N6O3S/c1-9(28)7-27-8-10(5-24-27)15-12(17(19,20)21)6-23-16(26-15)25-14-3-2-11(4-13(14)18)31(22,29)30/h2-6,8-9,28H,7H2,1H3,(H2,22,29,30)(H,23,25,26)/t9-/m1/s1. The summed E-state index contributed by atoms with van der Waals surface area (Å²) < 4.78 is 78.4. The summed E-state index contributed by atoms with van der Waals surface area (Å²) in [6.45, 7) is 1.55. The normalized spacial score (nSPS) is 13.3. The highest BCUT2D eigenvalue weighted by atomic mass is 32.2. The van der Waals surface area contributed by atoms with E-state index in [2.05, 4.69) is 20.4 Å². The number of benzene rings is 1. The molecule has 0 amide bonds. The zero-order valence-corrected chi connectivity index (χ0v) is 16.6. The molecule has 9 nitrogen and oxygen atoms in total. The second-order valence-electron chi connectivity index (χ2n) is 6.57. The van der Waals surface area contributed by atoms with E-state index in [0.717, 1.165) is 18.3 Å². The smallest absolute Gasteiger partial charge is 0.391 e. The number of sulfonamides is 1. The van der Waals surface area contributed by atoms with E-state index < -0.39 is 44.3 Å². The van der Waals surface area contributed by atoms with E-state index in [1.54, 1.807) is 0 Å². The van der Waals surface area contributed by atoms with Crippen LogP contribution in [0.5, 0.6) is 0 Å². The molecule has 4 N–H and O–H groups in total. The third-order valence-electron chi connectivity index (χ3n) is 3.97. The largest absolute Gasteiger partial charge is 0.419 e.